The molecule has 0 unspecified atom stereocenters. The molecule has 7 aromatic carbocycles. The molecule has 0 saturated heterocycles. The normalized spacial score (nSPS) is 11.5. The van der Waals surface area contributed by atoms with Crippen LogP contribution in [0.1, 0.15) is 5.56 Å². The average molecular weight is 603 g/mol. The van der Waals surface area contributed by atoms with Crippen LogP contribution in [0.5, 0.6) is 0 Å². The Bertz CT molecular complexity index is 2220. The first kappa shape index (κ1) is 27.6. The Hall–Kier alpha value is -5.95. The molecule has 0 aliphatic carbocycles. The van der Waals surface area contributed by atoms with Gasteiger partial charge in [-0.25, -0.2) is 0 Å². The Morgan fingerprint density at radius 2 is 0.891 bits per heavy atom. The second kappa shape index (κ2) is 11.5. The van der Waals surface area contributed by atoms with Crippen molar-refractivity contribution in [2.24, 2.45) is 0 Å². The number of aromatic nitrogens is 1. The molecule has 3 heteroatoms. The molecule has 0 radical (unpaired) electrons. The summed E-state index contributed by atoms with van der Waals surface area (Å²) in [6, 6.07) is 67.6. The van der Waals surface area contributed by atoms with Gasteiger partial charge in [-0.15, -0.1) is 0 Å². The van der Waals surface area contributed by atoms with E-state index < -0.39 is 8.07 Å². The molecular weight excluding hydrogens is 573 g/mol. The molecule has 0 bridgehead atoms. The Labute approximate surface area is 270 Å². The number of rotatable bonds is 6. The molecule has 0 fully saturated rings. The second-order valence-electron chi connectivity index (χ2n) is 11.6. The van der Waals surface area contributed by atoms with Crippen molar-refractivity contribution >= 4 is 50.6 Å². The highest BCUT2D eigenvalue weighted by Gasteiger charge is 2.43. The summed E-state index contributed by atoms with van der Waals surface area (Å²) in [4.78, 5) is 0. The molecule has 0 aliphatic heterocycles. The van der Waals surface area contributed by atoms with Gasteiger partial charge in [0.15, 0.2) is 8.07 Å². The summed E-state index contributed by atoms with van der Waals surface area (Å²) < 4.78 is 2.39. The molecule has 216 valence electrons. The van der Waals surface area contributed by atoms with Gasteiger partial charge in [-0.05, 0) is 56.6 Å². The summed E-state index contributed by atoms with van der Waals surface area (Å²) in [7, 11) is -2.90. The standard InChI is InChI=1S/C43H30N2Si/c44-31-32-28-29-43(46(33-16-4-1-5-17-33,34-18-6-2-7-19-34)35-20-8-3-9-21-35)39(30-32)38-24-12-15-27-42(38)45-40-25-13-10-22-36(40)37-23-11-14-26-41(37)45/h1-30H. The Kier molecular flexibility index (Phi) is 6.91. The number of benzene rings is 7. The van der Waals surface area contributed by atoms with Crippen LogP contribution in [0.4, 0.5) is 0 Å². The third-order valence-electron chi connectivity index (χ3n) is 9.19. The number of nitrogens with zero attached hydrogens (tertiary/aromatic N) is 2. The maximum atomic E-state index is 10.2. The summed E-state index contributed by atoms with van der Waals surface area (Å²) in [6.07, 6.45) is 0. The van der Waals surface area contributed by atoms with Gasteiger partial charge in [-0.2, -0.15) is 5.26 Å². The van der Waals surface area contributed by atoms with E-state index in [4.69, 9.17) is 0 Å². The fourth-order valence-corrected chi connectivity index (χ4v) is 12.2. The van der Waals surface area contributed by atoms with E-state index in [0.29, 0.717) is 5.56 Å². The van der Waals surface area contributed by atoms with Crippen LogP contribution >= 0.6 is 0 Å². The molecule has 0 N–H and O–H groups in total. The van der Waals surface area contributed by atoms with Crippen LogP contribution in [0, 0.1) is 11.3 Å². The zero-order chi connectivity index (χ0) is 30.9. The molecule has 0 aliphatic rings. The predicted molar refractivity (Wildman–Crippen MR) is 195 cm³/mol. The Morgan fingerprint density at radius 3 is 1.41 bits per heavy atom. The first-order valence-electron chi connectivity index (χ1n) is 15.6. The molecule has 0 atom stereocenters. The lowest BCUT2D eigenvalue weighted by Gasteiger charge is -2.36. The fraction of sp³-hybridized carbons (Fsp3) is 0. The lowest BCUT2D eigenvalue weighted by Crippen LogP contribution is -2.75. The van der Waals surface area contributed by atoms with Crippen LogP contribution in [0.3, 0.4) is 0 Å². The van der Waals surface area contributed by atoms with Crippen molar-refractivity contribution in [1.82, 2.24) is 4.57 Å². The van der Waals surface area contributed by atoms with E-state index in [1.165, 1.54) is 31.5 Å². The quantitative estimate of drug-likeness (QED) is 0.142. The highest BCUT2D eigenvalue weighted by atomic mass is 28.3. The minimum Gasteiger partial charge on any atom is -0.309 e. The first-order chi connectivity index (χ1) is 22.8. The molecule has 46 heavy (non-hydrogen) atoms. The lowest BCUT2D eigenvalue weighted by molar-refractivity contribution is 1.18. The number of hydrogen-bond donors (Lipinski definition) is 0. The molecule has 8 rings (SSSR count). The van der Waals surface area contributed by atoms with E-state index in [1.807, 2.05) is 6.07 Å². The van der Waals surface area contributed by atoms with Crippen LogP contribution in [0.15, 0.2) is 182 Å². The predicted octanol–water partition coefficient (Wildman–Crippen LogP) is 7.70. The molecule has 2 nitrogen and oxygen atoms in total. The van der Waals surface area contributed by atoms with E-state index in [2.05, 4.69) is 187 Å². The third kappa shape index (κ3) is 4.31. The molecule has 1 heterocycles. The summed E-state index contributed by atoms with van der Waals surface area (Å²) in [5.74, 6) is 0. The van der Waals surface area contributed by atoms with E-state index in [-0.39, 0.29) is 0 Å². The maximum absolute atomic E-state index is 10.2. The summed E-state index contributed by atoms with van der Waals surface area (Å²) in [5, 5.41) is 17.8. The van der Waals surface area contributed by atoms with Gasteiger partial charge in [0.05, 0.1) is 28.4 Å². The Morgan fingerprint density at radius 1 is 0.435 bits per heavy atom. The van der Waals surface area contributed by atoms with Crippen LogP contribution in [0.2, 0.25) is 0 Å². The molecular formula is C43H30N2Si. The largest absolute Gasteiger partial charge is 0.309 e. The first-order valence-corrected chi connectivity index (χ1v) is 17.6. The minimum absolute atomic E-state index is 0.646. The van der Waals surface area contributed by atoms with E-state index in [0.717, 1.165) is 27.8 Å². The highest BCUT2D eigenvalue weighted by molar-refractivity contribution is 7.20. The SMILES string of the molecule is N#Cc1ccc([Si](c2ccccc2)(c2ccccc2)c2ccccc2)c(-c2ccccc2-n2c3ccccc3c3ccccc32)c1. The van der Waals surface area contributed by atoms with Crippen molar-refractivity contribution in [3.8, 4) is 22.9 Å². The highest BCUT2D eigenvalue weighted by Crippen LogP contribution is 2.36. The van der Waals surface area contributed by atoms with Crippen molar-refractivity contribution in [3.05, 3.63) is 188 Å². The maximum Gasteiger partial charge on any atom is 0.180 e. The summed E-state index contributed by atoms with van der Waals surface area (Å²) in [6.45, 7) is 0. The van der Waals surface area contributed by atoms with Gasteiger partial charge in [0.1, 0.15) is 0 Å². The van der Waals surface area contributed by atoms with Crippen molar-refractivity contribution in [3.63, 3.8) is 0 Å². The van der Waals surface area contributed by atoms with E-state index >= 15 is 0 Å². The van der Waals surface area contributed by atoms with E-state index in [9.17, 15) is 5.26 Å². The number of para-hydroxylation sites is 3. The fourth-order valence-electron chi connectivity index (χ4n) is 7.27. The summed E-state index contributed by atoms with van der Waals surface area (Å²) in [5.41, 5.74) is 6.24. The van der Waals surface area contributed by atoms with Gasteiger partial charge in [-0.1, -0.05) is 152 Å². The molecule has 0 amide bonds. The monoisotopic (exact) mass is 602 g/mol. The average Bonchev–Trinajstić information content (AvgIpc) is 3.48. The van der Waals surface area contributed by atoms with E-state index in [1.54, 1.807) is 0 Å². The zero-order valence-corrected chi connectivity index (χ0v) is 26.2. The van der Waals surface area contributed by atoms with Crippen LogP contribution < -0.4 is 20.7 Å². The van der Waals surface area contributed by atoms with Crippen LogP contribution in [-0.2, 0) is 0 Å². The van der Waals surface area contributed by atoms with Gasteiger partial charge in [0.25, 0.3) is 0 Å². The number of hydrogen-bond acceptors (Lipinski definition) is 1. The molecule has 8 aromatic rings. The smallest absolute Gasteiger partial charge is 0.180 e. The van der Waals surface area contributed by atoms with Crippen LogP contribution in [-0.4, -0.2) is 12.6 Å². The van der Waals surface area contributed by atoms with Crippen molar-refractivity contribution < 1.29 is 0 Å². The summed E-state index contributed by atoms with van der Waals surface area (Å²) >= 11 is 0. The van der Waals surface area contributed by atoms with Gasteiger partial charge >= 0.3 is 0 Å². The van der Waals surface area contributed by atoms with Crippen molar-refractivity contribution in [1.29, 1.82) is 5.26 Å². The van der Waals surface area contributed by atoms with Crippen molar-refractivity contribution in [2.45, 2.75) is 0 Å². The molecule has 1 aromatic heterocycles. The number of nitriles is 1. The Balaban J connectivity index is 1.52. The second-order valence-corrected chi connectivity index (χ2v) is 15.4. The van der Waals surface area contributed by atoms with Gasteiger partial charge in [0, 0.05) is 16.3 Å². The minimum atomic E-state index is -2.90. The van der Waals surface area contributed by atoms with Gasteiger partial charge in [0.2, 0.25) is 0 Å². The molecule has 0 saturated carbocycles. The zero-order valence-electron chi connectivity index (χ0n) is 25.2. The number of fused-ring (bicyclic) bond motifs is 3. The van der Waals surface area contributed by atoms with Crippen molar-refractivity contribution in [2.75, 3.05) is 0 Å². The van der Waals surface area contributed by atoms with Gasteiger partial charge in [-0.3, -0.25) is 0 Å². The van der Waals surface area contributed by atoms with Crippen LogP contribution in [0.25, 0.3) is 38.6 Å². The lowest BCUT2D eigenvalue weighted by atomic mass is 10.0. The third-order valence-corrected chi connectivity index (χ3v) is 14.0. The molecule has 0 spiro atoms. The van der Waals surface area contributed by atoms with Gasteiger partial charge < -0.3 is 4.57 Å². The topological polar surface area (TPSA) is 28.7 Å².